The van der Waals surface area contributed by atoms with E-state index in [1.165, 1.54) is 0 Å². The van der Waals surface area contributed by atoms with E-state index >= 15 is 0 Å². The van der Waals surface area contributed by atoms with Crippen LogP contribution in [0.25, 0.3) is 0 Å². The van der Waals surface area contributed by atoms with E-state index in [4.69, 9.17) is 10.6 Å². The standard InChI is InChI=1S/C13H20N4O/c1-2-9-18-12-7-5-11(6-8-12)16-13(17-14)15-10-3-4-10/h5-8,10H,2-4,9,14H2,1H3,(H2,15,16,17). The quantitative estimate of drug-likeness (QED) is 0.322. The van der Waals surface area contributed by atoms with Gasteiger partial charge >= 0.3 is 0 Å². The monoisotopic (exact) mass is 248 g/mol. The van der Waals surface area contributed by atoms with Gasteiger partial charge in [-0.2, -0.15) is 0 Å². The molecule has 1 fully saturated rings. The normalized spacial score (nSPS) is 15.3. The van der Waals surface area contributed by atoms with Crippen LogP contribution in [-0.4, -0.2) is 18.6 Å². The third-order valence-electron chi connectivity index (χ3n) is 2.59. The molecule has 0 aliphatic heterocycles. The van der Waals surface area contributed by atoms with E-state index in [9.17, 15) is 0 Å². The third kappa shape index (κ3) is 3.92. The van der Waals surface area contributed by atoms with Crippen molar-refractivity contribution in [3.8, 4) is 5.75 Å². The molecular weight excluding hydrogens is 228 g/mol. The lowest BCUT2D eigenvalue weighted by molar-refractivity contribution is 0.317. The Labute approximate surface area is 107 Å². The van der Waals surface area contributed by atoms with Gasteiger partial charge in [0, 0.05) is 5.69 Å². The molecule has 0 radical (unpaired) electrons. The minimum absolute atomic E-state index is 0.427. The molecule has 98 valence electrons. The Kier molecular flexibility index (Phi) is 4.41. The molecule has 1 aliphatic rings. The highest BCUT2D eigenvalue weighted by atomic mass is 16.5. The average Bonchev–Trinajstić information content (AvgIpc) is 3.21. The molecule has 1 aliphatic carbocycles. The highest BCUT2D eigenvalue weighted by Gasteiger charge is 2.20. The van der Waals surface area contributed by atoms with E-state index in [-0.39, 0.29) is 0 Å². The maximum Gasteiger partial charge on any atom is 0.210 e. The number of benzene rings is 1. The van der Waals surface area contributed by atoms with E-state index in [0.29, 0.717) is 12.0 Å². The number of nitrogens with one attached hydrogen (secondary N) is 2. The number of nitrogens with two attached hydrogens (primary N) is 1. The van der Waals surface area contributed by atoms with Gasteiger partial charge in [-0.3, -0.25) is 5.43 Å². The number of hydrogen-bond donors (Lipinski definition) is 3. The van der Waals surface area contributed by atoms with Gasteiger partial charge in [-0.25, -0.2) is 10.8 Å². The number of hydrogen-bond acceptors (Lipinski definition) is 3. The van der Waals surface area contributed by atoms with Crippen LogP contribution < -0.4 is 21.3 Å². The molecule has 18 heavy (non-hydrogen) atoms. The molecule has 0 unspecified atom stereocenters. The summed E-state index contributed by atoms with van der Waals surface area (Å²) in [6.45, 7) is 2.83. The summed E-state index contributed by atoms with van der Waals surface area (Å²) in [5.41, 5.74) is 3.52. The molecule has 0 bridgehead atoms. The summed E-state index contributed by atoms with van der Waals surface area (Å²) in [4.78, 5) is 4.41. The second-order valence-corrected chi connectivity index (χ2v) is 4.35. The van der Waals surface area contributed by atoms with Crippen LogP contribution in [0.4, 0.5) is 5.69 Å². The van der Waals surface area contributed by atoms with E-state index in [1.807, 2.05) is 24.3 Å². The number of rotatable bonds is 5. The molecule has 0 amide bonds. The Balaban J connectivity index is 1.92. The first-order valence-electron chi connectivity index (χ1n) is 6.36. The van der Waals surface area contributed by atoms with Crippen LogP contribution in [0.15, 0.2) is 29.3 Å². The average molecular weight is 248 g/mol. The maximum absolute atomic E-state index is 5.52. The molecule has 0 spiro atoms. The summed E-state index contributed by atoms with van der Waals surface area (Å²) in [6.07, 6.45) is 3.31. The predicted octanol–water partition coefficient (Wildman–Crippen LogP) is 1.87. The Morgan fingerprint density at radius 2 is 2.11 bits per heavy atom. The van der Waals surface area contributed by atoms with Crippen LogP contribution in [-0.2, 0) is 0 Å². The van der Waals surface area contributed by atoms with Crippen molar-refractivity contribution >= 4 is 11.6 Å². The Hall–Kier alpha value is -1.75. The number of hydrazine groups is 1. The summed E-state index contributed by atoms with van der Waals surface area (Å²) in [7, 11) is 0. The number of guanidine groups is 1. The van der Waals surface area contributed by atoms with Crippen LogP contribution in [0.2, 0.25) is 0 Å². The van der Waals surface area contributed by atoms with Crippen LogP contribution in [0.1, 0.15) is 26.2 Å². The molecule has 0 aromatic heterocycles. The van der Waals surface area contributed by atoms with Crippen molar-refractivity contribution < 1.29 is 4.74 Å². The van der Waals surface area contributed by atoms with Crippen molar-refractivity contribution in [2.75, 3.05) is 11.9 Å². The lowest BCUT2D eigenvalue weighted by Crippen LogP contribution is -2.36. The zero-order valence-electron chi connectivity index (χ0n) is 10.6. The third-order valence-corrected chi connectivity index (χ3v) is 2.59. The van der Waals surface area contributed by atoms with Crippen LogP contribution in [0, 0.1) is 0 Å². The van der Waals surface area contributed by atoms with E-state index < -0.39 is 0 Å². The number of anilines is 1. The van der Waals surface area contributed by atoms with Crippen LogP contribution >= 0.6 is 0 Å². The molecule has 4 N–H and O–H groups in total. The first-order valence-corrected chi connectivity index (χ1v) is 6.36. The SMILES string of the molecule is CCCOc1ccc(NC(=NC2CC2)NN)cc1. The van der Waals surface area contributed by atoms with Crippen molar-refractivity contribution in [2.24, 2.45) is 10.8 Å². The number of ether oxygens (including phenoxy) is 1. The fourth-order valence-electron chi connectivity index (χ4n) is 1.48. The number of aliphatic imine (C=N–C) groups is 1. The van der Waals surface area contributed by atoms with Crippen LogP contribution in [0.5, 0.6) is 5.75 Å². The topological polar surface area (TPSA) is 71.7 Å². The minimum Gasteiger partial charge on any atom is -0.494 e. The summed E-state index contributed by atoms with van der Waals surface area (Å²) in [5.74, 6) is 6.91. The molecule has 0 heterocycles. The summed E-state index contributed by atoms with van der Waals surface area (Å²) in [6, 6.07) is 8.19. The van der Waals surface area contributed by atoms with Gasteiger partial charge in [0.2, 0.25) is 5.96 Å². The summed E-state index contributed by atoms with van der Waals surface area (Å²) >= 11 is 0. The van der Waals surface area contributed by atoms with Crippen molar-refractivity contribution in [3.05, 3.63) is 24.3 Å². The Morgan fingerprint density at radius 1 is 1.39 bits per heavy atom. The molecule has 0 saturated heterocycles. The molecule has 1 aromatic rings. The second kappa shape index (κ2) is 6.26. The lowest BCUT2D eigenvalue weighted by Gasteiger charge is -2.10. The first-order chi connectivity index (χ1) is 8.81. The van der Waals surface area contributed by atoms with Crippen LogP contribution in [0.3, 0.4) is 0 Å². The van der Waals surface area contributed by atoms with Gasteiger partial charge in [-0.1, -0.05) is 6.92 Å². The largest absolute Gasteiger partial charge is 0.494 e. The van der Waals surface area contributed by atoms with Gasteiger partial charge in [-0.15, -0.1) is 0 Å². The Morgan fingerprint density at radius 3 is 2.67 bits per heavy atom. The fraction of sp³-hybridized carbons (Fsp3) is 0.462. The van der Waals surface area contributed by atoms with Crippen molar-refractivity contribution in [3.63, 3.8) is 0 Å². The van der Waals surface area contributed by atoms with Gasteiger partial charge in [-0.05, 0) is 43.5 Å². The second-order valence-electron chi connectivity index (χ2n) is 4.35. The minimum atomic E-state index is 0.427. The smallest absolute Gasteiger partial charge is 0.210 e. The fourth-order valence-corrected chi connectivity index (χ4v) is 1.48. The molecule has 0 atom stereocenters. The lowest BCUT2D eigenvalue weighted by atomic mass is 10.3. The summed E-state index contributed by atoms with van der Waals surface area (Å²) < 4.78 is 5.52. The zero-order chi connectivity index (χ0) is 12.8. The van der Waals surface area contributed by atoms with Crippen molar-refractivity contribution in [1.82, 2.24) is 5.43 Å². The van der Waals surface area contributed by atoms with E-state index in [1.54, 1.807) is 0 Å². The first kappa shape index (κ1) is 12.7. The molecule has 5 nitrogen and oxygen atoms in total. The predicted molar refractivity (Wildman–Crippen MR) is 73.6 cm³/mol. The van der Waals surface area contributed by atoms with E-state index in [0.717, 1.165) is 37.3 Å². The molecule has 1 aromatic carbocycles. The van der Waals surface area contributed by atoms with Gasteiger partial charge in [0.05, 0.1) is 12.6 Å². The molecule has 2 rings (SSSR count). The van der Waals surface area contributed by atoms with Gasteiger partial charge < -0.3 is 10.1 Å². The maximum atomic E-state index is 5.52. The summed E-state index contributed by atoms with van der Waals surface area (Å²) in [5, 5.41) is 3.14. The van der Waals surface area contributed by atoms with Gasteiger partial charge in [0.25, 0.3) is 0 Å². The molecular formula is C13H20N4O. The Bertz CT molecular complexity index is 398. The van der Waals surface area contributed by atoms with Crippen molar-refractivity contribution in [1.29, 1.82) is 0 Å². The van der Waals surface area contributed by atoms with Gasteiger partial charge in [0.15, 0.2) is 0 Å². The molecule has 1 saturated carbocycles. The van der Waals surface area contributed by atoms with Gasteiger partial charge in [0.1, 0.15) is 5.75 Å². The zero-order valence-corrected chi connectivity index (χ0v) is 10.6. The van der Waals surface area contributed by atoms with E-state index in [2.05, 4.69) is 22.7 Å². The van der Waals surface area contributed by atoms with Crippen molar-refractivity contribution in [2.45, 2.75) is 32.2 Å². The highest BCUT2D eigenvalue weighted by Crippen LogP contribution is 2.23. The highest BCUT2D eigenvalue weighted by molar-refractivity contribution is 5.93. The number of nitrogens with zero attached hydrogens (tertiary/aromatic N) is 1. The molecule has 5 heteroatoms.